The lowest BCUT2D eigenvalue weighted by atomic mass is 10.0. The first-order valence-corrected chi connectivity index (χ1v) is 12.3. The molecule has 1 saturated heterocycles. The van der Waals surface area contributed by atoms with Gasteiger partial charge < -0.3 is 15.5 Å². The average Bonchev–Trinajstić information content (AvgIpc) is 3.69. The fourth-order valence-corrected chi connectivity index (χ4v) is 4.90. The Hall–Kier alpha value is -2.93. The van der Waals surface area contributed by atoms with Crippen LogP contribution in [0, 0.1) is 5.92 Å². The highest BCUT2D eigenvalue weighted by Gasteiger charge is 2.32. The molecule has 7 heteroatoms. The summed E-state index contributed by atoms with van der Waals surface area (Å²) in [4.78, 5) is 34.4. The summed E-state index contributed by atoms with van der Waals surface area (Å²) < 4.78 is 0. The van der Waals surface area contributed by atoms with E-state index in [9.17, 15) is 9.59 Å². The van der Waals surface area contributed by atoms with Crippen LogP contribution in [0.25, 0.3) is 0 Å². The largest absolute Gasteiger partial charge is 0.359 e. The van der Waals surface area contributed by atoms with Gasteiger partial charge in [0.25, 0.3) is 5.91 Å². The summed E-state index contributed by atoms with van der Waals surface area (Å²) in [6.07, 6.45) is 8.88. The molecule has 174 valence electrons. The highest BCUT2D eigenvalue weighted by molar-refractivity contribution is 6.04. The van der Waals surface area contributed by atoms with E-state index >= 15 is 0 Å². The number of likely N-dealkylation sites (tertiary alicyclic amines) is 1. The molecule has 2 aliphatic heterocycles. The monoisotopic (exact) mass is 447 g/mol. The van der Waals surface area contributed by atoms with E-state index in [4.69, 9.17) is 0 Å². The van der Waals surface area contributed by atoms with E-state index in [-0.39, 0.29) is 24.4 Å². The van der Waals surface area contributed by atoms with Gasteiger partial charge in [0.05, 0.1) is 23.8 Å². The molecule has 1 aromatic carbocycles. The van der Waals surface area contributed by atoms with Gasteiger partial charge in [0.15, 0.2) is 0 Å². The Labute approximate surface area is 195 Å². The zero-order valence-electron chi connectivity index (χ0n) is 19.1. The molecular formula is C26H33N5O2. The number of aromatic nitrogens is 1. The number of carbonyl (C=O) groups excluding carboxylic acids is 2. The fourth-order valence-electron chi connectivity index (χ4n) is 4.90. The lowest BCUT2D eigenvalue weighted by Gasteiger charge is -2.31. The smallest absolute Gasteiger partial charge is 0.252 e. The minimum atomic E-state index is -0.148. The van der Waals surface area contributed by atoms with Crippen LogP contribution >= 0.6 is 0 Å². The normalized spacial score (nSPS) is 19.9. The lowest BCUT2D eigenvalue weighted by Crippen LogP contribution is -2.42. The van der Waals surface area contributed by atoms with E-state index in [1.54, 1.807) is 11.1 Å². The number of rotatable bonds is 7. The molecule has 2 N–H and O–H groups in total. The van der Waals surface area contributed by atoms with Gasteiger partial charge in [-0.1, -0.05) is 43.2 Å². The van der Waals surface area contributed by atoms with Crippen LogP contribution in [0.4, 0.5) is 11.5 Å². The Bertz CT molecular complexity index is 983. The number of carbonyl (C=O) groups is 2. The zero-order chi connectivity index (χ0) is 22.6. The summed E-state index contributed by atoms with van der Waals surface area (Å²) >= 11 is 0. The van der Waals surface area contributed by atoms with Crippen molar-refractivity contribution in [3.63, 3.8) is 0 Å². The number of benzene rings is 1. The number of hydrogen-bond acceptors (Lipinski definition) is 5. The fraction of sp³-hybridized carbons (Fsp3) is 0.500. The minimum Gasteiger partial charge on any atom is -0.359 e. The number of amides is 2. The van der Waals surface area contributed by atoms with Crippen LogP contribution in [-0.2, 0) is 4.79 Å². The molecule has 3 heterocycles. The van der Waals surface area contributed by atoms with Crippen molar-refractivity contribution < 1.29 is 9.59 Å². The van der Waals surface area contributed by atoms with Gasteiger partial charge in [-0.2, -0.15) is 0 Å². The number of anilines is 2. The molecule has 3 aliphatic rings. The van der Waals surface area contributed by atoms with Gasteiger partial charge in [0.2, 0.25) is 5.91 Å². The molecule has 2 amide bonds. The summed E-state index contributed by atoms with van der Waals surface area (Å²) in [5, 5.41) is 6.24. The van der Waals surface area contributed by atoms with Crippen LogP contribution in [-0.4, -0.2) is 54.4 Å². The number of pyridine rings is 1. The van der Waals surface area contributed by atoms with Crippen molar-refractivity contribution in [2.45, 2.75) is 44.6 Å². The SMILES string of the molecule is O=C(NCC(c1ccccc1)N1CCCCCC1)c1cnc2c(c1)N(CC1CC1)C(=O)CN2. The number of hydrogen-bond donors (Lipinski definition) is 2. The highest BCUT2D eigenvalue weighted by Crippen LogP contribution is 2.35. The van der Waals surface area contributed by atoms with Crippen LogP contribution in [0.2, 0.25) is 0 Å². The summed E-state index contributed by atoms with van der Waals surface area (Å²) in [6.45, 7) is 3.63. The van der Waals surface area contributed by atoms with Crippen molar-refractivity contribution in [3.8, 4) is 0 Å². The first-order chi connectivity index (χ1) is 16.2. The van der Waals surface area contributed by atoms with Gasteiger partial charge in [-0.25, -0.2) is 4.98 Å². The second-order valence-corrected chi connectivity index (χ2v) is 9.48. The van der Waals surface area contributed by atoms with Crippen molar-refractivity contribution in [2.75, 3.05) is 42.9 Å². The molecule has 1 aliphatic carbocycles. The maximum absolute atomic E-state index is 13.1. The van der Waals surface area contributed by atoms with Crippen molar-refractivity contribution in [1.82, 2.24) is 15.2 Å². The van der Waals surface area contributed by atoms with Crippen molar-refractivity contribution in [1.29, 1.82) is 0 Å². The molecule has 1 unspecified atom stereocenters. The lowest BCUT2D eigenvalue weighted by molar-refractivity contribution is -0.117. The van der Waals surface area contributed by atoms with Crippen LogP contribution in [0.15, 0.2) is 42.6 Å². The first kappa shape index (κ1) is 21.9. The van der Waals surface area contributed by atoms with Crippen LogP contribution in [0.1, 0.15) is 60.5 Å². The average molecular weight is 448 g/mol. The molecule has 0 radical (unpaired) electrons. The second-order valence-electron chi connectivity index (χ2n) is 9.48. The molecule has 7 nitrogen and oxygen atoms in total. The molecule has 1 saturated carbocycles. The third kappa shape index (κ3) is 5.19. The molecule has 5 rings (SSSR count). The predicted octanol–water partition coefficient (Wildman–Crippen LogP) is 3.60. The third-order valence-electron chi connectivity index (χ3n) is 6.99. The van der Waals surface area contributed by atoms with Gasteiger partial charge >= 0.3 is 0 Å². The van der Waals surface area contributed by atoms with Gasteiger partial charge in [-0.15, -0.1) is 0 Å². The maximum atomic E-state index is 13.1. The highest BCUT2D eigenvalue weighted by atomic mass is 16.2. The predicted molar refractivity (Wildman–Crippen MR) is 129 cm³/mol. The summed E-state index contributed by atoms with van der Waals surface area (Å²) in [5.74, 6) is 1.14. The Balaban J connectivity index is 1.32. The summed E-state index contributed by atoms with van der Waals surface area (Å²) in [6, 6.07) is 12.4. The van der Waals surface area contributed by atoms with Crippen molar-refractivity contribution >= 4 is 23.3 Å². The first-order valence-electron chi connectivity index (χ1n) is 12.3. The Morgan fingerprint density at radius 3 is 2.61 bits per heavy atom. The van der Waals surface area contributed by atoms with E-state index in [0.717, 1.165) is 31.6 Å². The van der Waals surface area contributed by atoms with Crippen molar-refractivity contribution in [2.24, 2.45) is 5.92 Å². The summed E-state index contributed by atoms with van der Waals surface area (Å²) in [5.41, 5.74) is 2.44. The van der Waals surface area contributed by atoms with E-state index in [1.165, 1.54) is 31.2 Å². The van der Waals surface area contributed by atoms with E-state index in [0.29, 0.717) is 30.4 Å². The molecule has 1 atom stereocenters. The number of fused-ring (bicyclic) bond motifs is 1. The Morgan fingerprint density at radius 1 is 1.12 bits per heavy atom. The van der Waals surface area contributed by atoms with E-state index < -0.39 is 0 Å². The molecule has 2 fully saturated rings. The van der Waals surface area contributed by atoms with E-state index in [2.05, 4.69) is 44.8 Å². The number of nitrogens with one attached hydrogen (secondary N) is 2. The Morgan fingerprint density at radius 2 is 1.88 bits per heavy atom. The molecule has 33 heavy (non-hydrogen) atoms. The quantitative estimate of drug-likeness (QED) is 0.678. The topological polar surface area (TPSA) is 77.6 Å². The van der Waals surface area contributed by atoms with Gasteiger partial charge in [0.1, 0.15) is 5.82 Å². The second kappa shape index (κ2) is 9.91. The molecule has 0 bridgehead atoms. The van der Waals surface area contributed by atoms with Crippen LogP contribution < -0.4 is 15.5 Å². The van der Waals surface area contributed by atoms with Crippen LogP contribution in [0.3, 0.4) is 0 Å². The zero-order valence-corrected chi connectivity index (χ0v) is 19.1. The summed E-state index contributed by atoms with van der Waals surface area (Å²) in [7, 11) is 0. The van der Waals surface area contributed by atoms with Gasteiger partial charge in [-0.05, 0) is 56.3 Å². The standard InChI is InChI=1S/C26H33N5O2/c32-24-17-28-25-22(31(24)18-19-10-11-19)14-21(15-27-25)26(33)29-16-23(20-8-4-3-5-9-20)30-12-6-1-2-7-13-30/h3-5,8-9,14-15,19,23H,1-2,6-7,10-13,16-18H2,(H,27,28)(H,29,33). The van der Waals surface area contributed by atoms with Crippen LogP contribution in [0.5, 0.6) is 0 Å². The maximum Gasteiger partial charge on any atom is 0.252 e. The molecule has 1 aromatic heterocycles. The van der Waals surface area contributed by atoms with Gasteiger partial charge in [-0.3, -0.25) is 14.5 Å². The molecule has 2 aromatic rings. The van der Waals surface area contributed by atoms with Crippen molar-refractivity contribution in [3.05, 3.63) is 53.7 Å². The molecular weight excluding hydrogens is 414 g/mol. The Kier molecular flexibility index (Phi) is 6.58. The molecule has 0 spiro atoms. The van der Waals surface area contributed by atoms with E-state index in [1.807, 2.05) is 12.1 Å². The minimum absolute atomic E-state index is 0.0408. The number of nitrogens with zero attached hydrogens (tertiary/aromatic N) is 3. The third-order valence-corrected chi connectivity index (χ3v) is 6.99. The van der Waals surface area contributed by atoms with Gasteiger partial charge in [0, 0.05) is 19.3 Å².